The van der Waals surface area contributed by atoms with E-state index in [2.05, 4.69) is 31.9 Å². The first-order chi connectivity index (χ1) is 46.0. The fraction of sp³-hybridized carbons (Fsp3) is 0.597. The minimum atomic E-state index is -1.54. The van der Waals surface area contributed by atoms with E-state index in [1.54, 1.807) is 43.9 Å². The summed E-state index contributed by atoms with van der Waals surface area (Å²) in [5.41, 5.74) is 2.00. The number of aliphatic carboxylic acids is 8. The van der Waals surface area contributed by atoms with Gasteiger partial charge in [0.25, 0.3) is 0 Å². The summed E-state index contributed by atoms with van der Waals surface area (Å²) in [6.45, 7) is 0.352. The highest BCUT2D eigenvalue weighted by Crippen LogP contribution is 2.24. The van der Waals surface area contributed by atoms with E-state index in [0.717, 1.165) is 0 Å². The number of phenolic OH excluding ortho intramolecular Hbond substituents is 2. The molecule has 540 valence electrons. The number of carbonyl (C=O) groups excluding carboxylic acids is 5. The molecule has 1 fully saturated rings. The van der Waals surface area contributed by atoms with Crippen LogP contribution in [0, 0.1) is 0 Å². The molecule has 0 saturated carbocycles. The van der Waals surface area contributed by atoms with Gasteiger partial charge in [-0.2, -0.15) is 0 Å². The Labute approximate surface area is 560 Å². The summed E-state index contributed by atoms with van der Waals surface area (Å²) in [7, 11) is 0. The van der Waals surface area contributed by atoms with Gasteiger partial charge in [0.2, 0.25) is 23.6 Å². The van der Waals surface area contributed by atoms with Crippen molar-refractivity contribution in [3.8, 4) is 11.5 Å². The van der Waals surface area contributed by atoms with Gasteiger partial charge in [-0.25, -0.2) is 14.4 Å². The van der Waals surface area contributed by atoms with E-state index in [1.165, 1.54) is 21.9 Å². The fourth-order valence-electron chi connectivity index (χ4n) is 10.3. The largest absolute Gasteiger partial charge is 0.508 e. The zero-order valence-corrected chi connectivity index (χ0v) is 54.3. The zero-order chi connectivity index (χ0) is 71.8. The standard InChI is InChI=1S/C62H94N12O23/c75-48-13-8-42(10-15-51(78)64-18-4-1-2-7-50(77)63-19-5-3-6-46(60(93)94)67-62(97)68-47(61(95)96)12-17-54(81)82)32-44(48)34-73(40-58(89)90)30-31-74(41-59(91)92)35-45-33-43(9-14-49(45)76)11-16-52(79)65-20-21-66-53(80)36-69-22-24-70(37-55(83)84)26-28-72(39-57(87)88)29-27-71(25-23-69)38-56(85)86/h8-9,13-14,32-33,46-47,75-76H,1-7,10-12,15-31,34-41H2,(H,63,77)(H,64,78)(H,65,79)(H,66,80)(H,81,82)(H,83,84)(H,85,86)(H,87,88)(H,89,90)(H,91,92)(H,93,94)(H,95,96)(H2,67,68,97)/t46-,47-/m0/s1. The van der Waals surface area contributed by atoms with Crippen LogP contribution in [0.1, 0.15) is 92.9 Å². The molecule has 1 aliphatic heterocycles. The van der Waals surface area contributed by atoms with Gasteiger partial charge in [-0.1, -0.05) is 30.7 Å². The number of benzene rings is 2. The van der Waals surface area contributed by atoms with Gasteiger partial charge in [-0.05, 0) is 74.6 Å². The molecule has 3 rings (SSSR count). The lowest BCUT2D eigenvalue weighted by Gasteiger charge is -2.32. The molecule has 0 spiro atoms. The molecule has 0 unspecified atom stereocenters. The first kappa shape index (κ1) is 81.9. The predicted octanol–water partition coefficient (Wildman–Crippen LogP) is -1.82. The van der Waals surface area contributed by atoms with Crippen molar-refractivity contribution in [2.75, 3.05) is 131 Å². The Morgan fingerprint density at radius 3 is 1.15 bits per heavy atom. The fourth-order valence-corrected chi connectivity index (χ4v) is 10.3. The van der Waals surface area contributed by atoms with E-state index in [9.17, 15) is 108 Å². The smallest absolute Gasteiger partial charge is 0.326 e. The quantitative estimate of drug-likeness (QED) is 0.0325. The summed E-state index contributed by atoms with van der Waals surface area (Å²) < 4.78 is 0. The van der Waals surface area contributed by atoms with Gasteiger partial charge in [0, 0.05) is 142 Å². The molecule has 35 nitrogen and oxygen atoms in total. The molecule has 0 radical (unpaired) electrons. The molecular weight excluding hydrogens is 1280 g/mol. The minimum absolute atomic E-state index is 0.00319. The Bertz CT molecular complexity index is 2930. The van der Waals surface area contributed by atoms with E-state index in [-0.39, 0.29) is 199 Å². The molecule has 0 bridgehead atoms. The number of hydrogen-bond donors (Lipinski definition) is 16. The van der Waals surface area contributed by atoms with Crippen molar-refractivity contribution in [1.29, 1.82) is 0 Å². The number of urea groups is 1. The summed E-state index contributed by atoms with van der Waals surface area (Å²) in [6.07, 6.45) is 2.20. The Kier molecular flexibility index (Phi) is 38.2. The Morgan fingerprint density at radius 1 is 0.392 bits per heavy atom. The van der Waals surface area contributed by atoms with Crippen molar-refractivity contribution in [1.82, 2.24) is 61.3 Å². The van der Waals surface area contributed by atoms with Crippen LogP contribution in [-0.4, -0.2) is 301 Å². The maximum absolute atomic E-state index is 13.1. The number of nitrogens with zero attached hydrogens (tertiary/aromatic N) is 6. The number of hydrogen-bond acceptors (Lipinski definition) is 21. The number of rotatable bonds is 46. The molecule has 0 aromatic heterocycles. The predicted molar refractivity (Wildman–Crippen MR) is 343 cm³/mol. The molecular formula is C62H94N12O23. The monoisotopic (exact) mass is 1370 g/mol. The van der Waals surface area contributed by atoms with Crippen LogP contribution in [0.4, 0.5) is 4.79 Å². The van der Waals surface area contributed by atoms with Crippen molar-refractivity contribution in [2.45, 2.75) is 109 Å². The third-order valence-corrected chi connectivity index (χ3v) is 15.4. The Balaban J connectivity index is 1.43. The first-order valence-electron chi connectivity index (χ1n) is 31.9. The number of carboxylic acid groups (broad SMARTS) is 8. The van der Waals surface area contributed by atoms with Crippen LogP contribution in [-0.2, 0) is 83.5 Å². The molecule has 2 aromatic rings. The van der Waals surface area contributed by atoms with Crippen LogP contribution in [0.15, 0.2) is 36.4 Å². The van der Waals surface area contributed by atoms with Crippen LogP contribution in [0.25, 0.3) is 0 Å². The third-order valence-electron chi connectivity index (χ3n) is 15.4. The van der Waals surface area contributed by atoms with E-state index in [0.29, 0.717) is 54.5 Å². The molecule has 1 aliphatic rings. The summed E-state index contributed by atoms with van der Waals surface area (Å²) in [4.78, 5) is 166. The van der Waals surface area contributed by atoms with E-state index < -0.39 is 97.7 Å². The van der Waals surface area contributed by atoms with E-state index in [4.69, 9.17) is 5.11 Å². The highest BCUT2D eigenvalue weighted by Gasteiger charge is 2.27. The van der Waals surface area contributed by atoms with Crippen molar-refractivity contribution in [2.24, 2.45) is 0 Å². The number of aryl methyl sites for hydroxylation is 2. The summed E-state index contributed by atoms with van der Waals surface area (Å²) in [5.74, 6) is -11.3. The van der Waals surface area contributed by atoms with Gasteiger partial charge in [-0.15, -0.1) is 0 Å². The molecule has 0 aliphatic carbocycles. The van der Waals surface area contributed by atoms with E-state index >= 15 is 0 Å². The summed E-state index contributed by atoms with van der Waals surface area (Å²) >= 11 is 0. The third kappa shape index (κ3) is 37.6. The van der Waals surface area contributed by atoms with Crippen LogP contribution in [0.3, 0.4) is 0 Å². The lowest BCUT2D eigenvalue weighted by Crippen LogP contribution is -2.51. The summed E-state index contributed by atoms with van der Waals surface area (Å²) in [5, 5.41) is 113. The minimum Gasteiger partial charge on any atom is -0.508 e. The number of phenols is 2. The van der Waals surface area contributed by atoms with Crippen LogP contribution in [0.2, 0.25) is 0 Å². The lowest BCUT2D eigenvalue weighted by molar-refractivity contribution is -0.141. The van der Waals surface area contributed by atoms with Crippen LogP contribution >= 0.6 is 0 Å². The second-order valence-corrected chi connectivity index (χ2v) is 23.5. The normalized spacial score (nSPS) is 14.2. The van der Waals surface area contributed by atoms with Crippen LogP contribution < -0.4 is 31.9 Å². The van der Waals surface area contributed by atoms with Gasteiger partial charge in [0.15, 0.2) is 0 Å². The van der Waals surface area contributed by atoms with Crippen molar-refractivity contribution >= 4 is 77.4 Å². The van der Waals surface area contributed by atoms with Gasteiger partial charge < -0.3 is 83.0 Å². The zero-order valence-electron chi connectivity index (χ0n) is 54.3. The average molecular weight is 1380 g/mol. The topological polar surface area (TPSA) is 516 Å². The highest BCUT2D eigenvalue weighted by atomic mass is 16.4. The average Bonchev–Trinajstić information content (AvgIpc) is 0.948. The molecule has 16 N–H and O–H groups in total. The number of unbranched alkanes of at least 4 members (excludes halogenated alkanes) is 3. The molecule has 35 heteroatoms. The first-order valence-corrected chi connectivity index (χ1v) is 31.9. The van der Waals surface area contributed by atoms with Gasteiger partial charge >= 0.3 is 53.8 Å². The number of nitrogens with one attached hydrogen (secondary N) is 6. The molecule has 2 aromatic carbocycles. The highest BCUT2D eigenvalue weighted by molar-refractivity contribution is 5.86. The molecule has 1 saturated heterocycles. The van der Waals surface area contributed by atoms with Crippen LogP contribution in [0.5, 0.6) is 11.5 Å². The molecule has 1 heterocycles. The second-order valence-electron chi connectivity index (χ2n) is 23.5. The number of aromatic hydroxyl groups is 2. The SMILES string of the molecule is O=C(O)CC[C@H](NC(=O)N[C@@H](CCCCNC(=O)CCCCCNC(=O)CCc1ccc(O)c(CN(CCN(CC(=O)O)Cc2cc(CCC(=O)NCCNC(=O)CN3CCN(CC(=O)O)CCN(CC(=O)O)CCN(CC(=O)O)CC3)ccc2O)CC(=O)O)c1)C(=O)O)C(=O)O. The number of amides is 6. The number of carbonyl (C=O) groups is 13. The molecule has 2 atom stereocenters. The Morgan fingerprint density at radius 2 is 0.763 bits per heavy atom. The molecule has 97 heavy (non-hydrogen) atoms. The van der Waals surface area contributed by atoms with E-state index in [1.807, 2.05) is 0 Å². The van der Waals surface area contributed by atoms with Gasteiger partial charge in [0.1, 0.15) is 23.6 Å². The maximum Gasteiger partial charge on any atom is 0.326 e. The lowest BCUT2D eigenvalue weighted by atomic mass is 10.0. The van der Waals surface area contributed by atoms with Crippen molar-refractivity contribution in [3.05, 3.63) is 58.7 Å². The Hall–Kier alpha value is -9.29. The maximum atomic E-state index is 13.1. The second kappa shape index (κ2) is 45.2. The molecule has 6 amide bonds. The summed E-state index contributed by atoms with van der Waals surface area (Å²) in [6, 6.07) is 5.37. The van der Waals surface area contributed by atoms with Gasteiger partial charge in [0.05, 0.1) is 39.3 Å². The van der Waals surface area contributed by atoms with Crippen molar-refractivity contribution in [3.63, 3.8) is 0 Å². The number of carboxylic acids is 8. The van der Waals surface area contributed by atoms with Gasteiger partial charge in [-0.3, -0.25) is 77.3 Å². The van der Waals surface area contributed by atoms with Crippen molar-refractivity contribution < 1.29 is 113 Å².